The van der Waals surface area contributed by atoms with Gasteiger partial charge in [0.2, 0.25) is 5.91 Å². The number of pyridine rings is 1. The number of alkyl halides is 2. The molecule has 216 valence electrons. The van der Waals surface area contributed by atoms with Crippen LogP contribution in [0.4, 0.5) is 20.3 Å². The molecule has 4 heterocycles. The van der Waals surface area contributed by atoms with E-state index in [9.17, 15) is 18.4 Å². The summed E-state index contributed by atoms with van der Waals surface area (Å²) >= 11 is 5.92. The number of anilines is 2. The van der Waals surface area contributed by atoms with Crippen molar-refractivity contribution in [2.24, 2.45) is 13.0 Å². The molecule has 1 spiro atoms. The largest absolute Gasteiger partial charge is 0.497 e. The normalized spacial score (nSPS) is 21.3. The Balaban J connectivity index is 1.12. The van der Waals surface area contributed by atoms with E-state index in [-0.39, 0.29) is 28.5 Å². The van der Waals surface area contributed by atoms with Gasteiger partial charge >= 0.3 is 0 Å². The lowest BCUT2D eigenvalue weighted by molar-refractivity contribution is -0.124. The monoisotopic (exact) mass is 584 g/mol. The van der Waals surface area contributed by atoms with Crippen LogP contribution in [0, 0.1) is 5.92 Å². The smallest absolute Gasteiger partial charge is 0.281 e. The highest BCUT2D eigenvalue weighted by atomic mass is 35.5. The van der Waals surface area contributed by atoms with Crippen molar-refractivity contribution in [3.05, 3.63) is 64.6 Å². The van der Waals surface area contributed by atoms with Crippen LogP contribution in [0.15, 0.2) is 42.7 Å². The molecule has 0 atom stereocenters. The molecule has 2 amide bonds. The second-order valence-electron chi connectivity index (χ2n) is 11.2. The Morgan fingerprint density at radius 2 is 1.95 bits per heavy atom. The molecule has 3 aliphatic rings. The molecule has 2 aromatic heterocycles. The summed E-state index contributed by atoms with van der Waals surface area (Å²) in [4.78, 5) is 34.5. The third-order valence-corrected chi connectivity index (χ3v) is 8.78. The molecule has 1 aliphatic carbocycles. The zero-order valence-corrected chi connectivity index (χ0v) is 23.6. The average Bonchev–Trinajstić information content (AvgIpc) is 3.46. The zero-order chi connectivity index (χ0) is 28.9. The predicted molar refractivity (Wildman–Crippen MR) is 150 cm³/mol. The predicted octanol–water partition coefficient (Wildman–Crippen LogP) is 4.51. The minimum absolute atomic E-state index is 0.0938. The van der Waals surface area contributed by atoms with Crippen molar-refractivity contribution >= 4 is 34.9 Å². The fraction of sp³-hybridized carbons (Fsp3) is 0.448. The third kappa shape index (κ3) is 4.90. The van der Waals surface area contributed by atoms with E-state index in [4.69, 9.17) is 16.3 Å². The quantitative estimate of drug-likeness (QED) is 0.439. The number of nitrogens with one attached hydrogen (secondary N) is 1. The van der Waals surface area contributed by atoms with E-state index in [1.807, 2.05) is 42.4 Å². The Morgan fingerprint density at radius 1 is 1.20 bits per heavy atom. The summed E-state index contributed by atoms with van der Waals surface area (Å²) in [5, 5.41) is 7.50. The van der Waals surface area contributed by atoms with Gasteiger partial charge in [-0.1, -0.05) is 17.7 Å². The number of methoxy groups -OCH3 is 1. The van der Waals surface area contributed by atoms with Crippen LogP contribution in [-0.4, -0.2) is 59.4 Å². The molecule has 2 fully saturated rings. The average molecular weight is 585 g/mol. The van der Waals surface area contributed by atoms with Gasteiger partial charge in [-0.05, 0) is 49.3 Å². The van der Waals surface area contributed by atoms with Gasteiger partial charge in [0.1, 0.15) is 16.9 Å². The lowest BCUT2D eigenvalue weighted by atomic mass is 9.74. The first-order valence-electron chi connectivity index (χ1n) is 13.7. The second kappa shape index (κ2) is 10.6. The summed E-state index contributed by atoms with van der Waals surface area (Å²) in [5.74, 6) is 1.28. The molecule has 12 heteroatoms. The minimum Gasteiger partial charge on any atom is -0.497 e. The number of halogens is 3. The number of aryl methyl sites for hydroxylation is 1. The maximum absolute atomic E-state index is 14.0. The summed E-state index contributed by atoms with van der Waals surface area (Å²) in [5.41, 5.74) is 0.513. The number of fused-ring (bicyclic) bond motifs is 2. The highest BCUT2D eigenvalue weighted by Crippen LogP contribution is 2.50. The molecule has 0 radical (unpaired) electrons. The lowest BCUT2D eigenvalue weighted by Crippen LogP contribution is -2.64. The van der Waals surface area contributed by atoms with Crippen LogP contribution < -0.4 is 19.9 Å². The molecule has 1 saturated heterocycles. The van der Waals surface area contributed by atoms with Crippen molar-refractivity contribution < 1.29 is 23.1 Å². The van der Waals surface area contributed by atoms with Gasteiger partial charge in [-0.2, -0.15) is 5.10 Å². The number of nitrogens with zero attached hydrogens (tertiary/aromatic N) is 5. The number of hydrogen-bond donors (Lipinski definition) is 1. The fourth-order valence-electron chi connectivity index (χ4n) is 6.39. The first-order chi connectivity index (χ1) is 19.7. The van der Waals surface area contributed by atoms with E-state index < -0.39 is 23.4 Å². The maximum Gasteiger partial charge on any atom is 0.281 e. The summed E-state index contributed by atoms with van der Waals surface area (Å²) in [6, 6.07) is 8.88. The van der Waals surface area contributed by atoms with Crippen LogP contribution in [0.1, 0.15) is 53.7 Å². The number of carbonyl (C=O) groups is 2. The SMILES string of the molecule is COc1ccc2c(c1)N(C[C@H]1CC[C@H](NC(=O)c3cc(Cl)cnc3C(F)F)CC1)C(=O)C21CN(c2ccn(C)n2)C1. The molecule has 1 aromatic carbocycles. The molecular weight excluding hydrogens is 554 g/mol. The van der Waals surface area contributed by atoms with E-state index in [0.717, 1.165) is 36.1 Å². The van der Waals surface area contributed by atoms with Gasteiger partial charge in [0.05, 0.1) is 23.4 Å². The van der Waals surface area contributed by atoms with Crippen LogP contribution in [0.5, 0.6) is 5.75 Å². The molecule has 1 saturated carbocycles. The van der Waals surface area contributed by atoms with Gasteiger partial charge in [0, 0.05) is 57.3 Å². The van der Waals surface area contributed by atoms with Crippen LogP contribution in [0.3, 0.4) is 0 Å². The molecule has 9 nitrogen and oxygen atoms in total. The molecule has 3 aromatic rings. The molecule has 1 N–H and O–H groups in total. The molecule has 0 unspecified atom stereocenters. The second-order valence-corrected chi connectivity index (χ2v) is 11.6. The van der Waals surface area contributed by atoms with Gasteiger partial charge in [-0.3, -0.25) is 19.3 Å². The number of rotatable bonds is 7. The summed E-state index contributed by atoms with van der Waals surface area (Å²) < 4.78 is 34.0. The summed E-state index contributed by atoms with van der Waals surface area (Å²) in [6.45, 7) is 1.70. The molecular formula is C29H31ClF2N6O3. The van der Waals surface area contributed by atoms with Gasteiger partial charge in [0.25, 0.3) is 12.3 Å². The van der Waals surface area contributed by atoms with Gasteiger partial charge in [-0.25, -0.2) is 8.78 Å². The fourth-order valence-corrected chi connectivity index (χ4v) is 6.55. The topological polar surface area (TPSA) is 92.6 Å². The van der Waals surface area contributed by atoms with Crippen LogP contribution in [-0.2, 0) is 17.3 Å². The number of ether oxygens (including phenoxy) is 1. The van der Waals surface area contributed by atoms with Gasteiger partial charge in [0.15, 0.2) is 5.82 Å². The van der Waals surface area contributed by atoms with Crippen molar-refractivity contribution in [2.75, 3.05) is 36.5 Å². The van der Waals surface area contributed by atoms with Crippen molar-refractivity contribution in [1.29, 1.82) is 0 Å². The van der Waals surface area contributed by atoms with Crippen molar-refractivity contribution in [3.63, 3.8) is 0 Å². The molecule has 0 bridgehead atoms. The Hall–Kier alpha value is -3.73. The van der Waals surface area contributed by atoms with E-state index in [1.54, 1.807) is 11.8 Å². The first kappa shape index (κ1) is 27.4. The third-order valence-electron chi connectivity index (χ3n) is 8.57. The van der Waals surface area contributed by atoms with E-state index in [2.05, 4.69) is 20.3 Å². The number of amides is 2. The van der Waals surface area contributed by atoms with E-state index in [1.165, 1.54) is 6.07 Å². The Morgan fingerprint density at radius 3 is 2.61 bits per heavy atom. The van der Waals surface area contributed by atoms with Crippen LogP contribution >= 0.6 is 11.6 Å². The van der Waals surface area contributed by atoms with E-state index in [0.29, 0.717) is 38.2 Å². The lowest BCUT2D eigenvalue weighted by Gasteiger charge is -2.47. The highest BCUT2D eigenvalue weighted by Gasteiger charge is 2.58. The number of hydrogen-bond acceptors (Lipinski definition) is 6. The summed E-state index contributed by atoms with van der Waals surface area (Å²) in [6.07, 6.45) is 3.07. The van der Waals surface area contributed by atoms with Crippen molar-refractivity contribution in [3.8, 4) is 5.75 Å². The Kier molecular flexibility index (Phi) is 7.09. The minimum atomic E-state index is -2.88. The van der Waals surface area contributed by atoms with E-state index >= 15 is 0 Å². The number of aromatic nitrogens is 3. The Bertz CT molecular complexity index is 1480. The van der Waals surface area contributed by atoms with Gasteiger partial charge in [-0.15, -0.1) is 0 Å². The van der Waals surface area contributed by atoms with Crippen molar-refractivity contribution in [2.45, 2.75) is 43.6 Å². The van der Waals surface area contributed by atoms with Crippen LogP contribution in [0.2, 0.25) is 5.02 Å². The highest BCUT2D eigenvalue weighted by molar-refractivity contribution is 6.30. The Labute approximate surface area is 241 Å². The molecule has 2 aliphatic heterocycles. The standard InChI is InChI=1S/C29H31ClF2N6O3/c1-36-10-9-24(35-36)37-15-29(16-37)22-8-7-20(41-2)12-23(22)38(28(29)40)14-17-3-5-19(6-4-17)34-27(39)21-11-18(30)13-33-25(21)26(31)32/h7-13,17,19,26H,3-6,14-16H2,1-2H3,(H,34,39)/t17-,19-. The maximum atomic E-state index is 14.0. The molecule has 6 rings (SSSR count). The van der Waals surface area contributed by atoms with Crippen molar-refractivity contribution in [1.82, 2.24) is 20.1 Å². The number of carbonyl (C=O) groups excluding carboxylic acids is 2. The van der Waals surface area contributed by atoms with Crippen LogP contribution in [0.25, 0.3) is 0 Å². The molecule has 41 heavy (non-hydrogen) atoms. The summed E-state index contributed by atoms with van der Waals surface area (Å²) in [7, 11) is 3.49. The zero-order valence-electron chi connectivity index (χ0n) is 22.8. The van der Waals surface area contributed by atoms with Gasteiger partial charge < -0.3 is 19.9 Å². The first-order valence-corrected chi connectivity index (χ1v) is 14.1. The number of benzene rings is 1.